The first-order chi connectivity index (χ1) is 13.1. The molecule has 4 nitrogen and oxygen atoms in total. The van der Waals surface area contributed by atoms with Gasteiger partial charge in [0.05, 0.1) is 12.6 Å². The molecule has 2 heterocycles. The fraction of sp³-hybridized carbons (Fsp3) is 0.227. The second kappa shape index (κ2) is 7.18. The van der Waals surface area contributed by atoms with Crippen LogP contribution in [0.25, 0.3) is 32.1 Å². The van der Waals surface area contributed by atoms with Gasteiger partial charge in [0.25, 0.3) is 5.56 Å². The SMILES string of the molecule is CNCCc1ccc(-c2c(OC)cc(C)c3[nH]c(=O)c4sccc4c23)cc1. The smallest absolute Gasteiger partial charge is 0.266 e. The van der Waals surface area contributed by atoms with E-state index in [2.05, 4.69) is 34.6 Å². The Morgan fingerprint density at radius 2 is 1.96 bits per heavy atom. The van der Waals surface area contributed by atoms with Crippen molar-refractivity contribution in [1.29, 1.82) is 0 Å². The molecule has 4 aromatic rings. The molecular formula is C22H22N2O2S. The third-order valence-electron chi connectivity index (χ3n) is 4.99. The van der Waals surface area contributed by atoms with E-state index in [4.69, 9.17) is 4.74 Å². The summed E-state index contributed by atoms with van der Waals surface area (Å²) in [5, 5.41) is 7.18. The maximum atomic E-state index is 12.5. The maximum Gasteiger partial charge on any atom is 0.266 e. The van der Waals surface area contributed by atoms with Crippen LogP contribution in [-0.2, 0) is 6.42 Å². The molecule has 0 aliphatic rings. The first-order valence-electron chi connectivity index (χ1n) is 8.98. The minimum absolute atomic E-state index is 0.0332. The van der Waals surface area contributed by atoms with Gasteiger partial charge in [-0.05, 0) is 61.1 Å². The van der Waals surface area contributed by atoms with Crippen LogP contribution in [0.2, 0.25) is 0 Å². The zero-order valence-corrected chi connectivity index (χ0v) is 16.5. The molecule has 0 aliphatic heterocycles. The van der Waals surface area contributed by atoms with Crippen molar-refractivity contribution in [1.82, 2.24) is 10.3 Å². The van der Waals surface area contributed by atoms with Crippen LogP contribution < -0.4 is 15.6 Å². The summed E-state index contributed by atoms with van der Waals surface area (Å²) in [5.74, 6) is 0.822. The molecule has 27 heavy (non-hydrogen) atoms. The molecule has 2 N–H and O–H groups in total. The minimum Gasteiger partial charge on any atom is -0.496 e. The Morgan fingerprint density at radius 1 is 1.19 bits per heavy atom. The number of methoxy groups -OCH3 is 1. The van der Waals surface area contributed by atoms with Crippen molar-refractivity contribution in [3.05, 3.63) is 63.3 Å². The summed E-state index contributed by atoms with van der Waals surface area (Å²) in [5.41, 5.74) is 5.25. The Kier molecular flexibility index (Phi) is 4.72. The van der Waals surface area contributed by atoms with Gasteiger partial charge < -0.3 is 15.0 Å². The van der Waals surface area contributed by atoms with E-state index in [0.717, 1.165) is 56.4 Å². The number of nitrogens with one attached hydrogen (secondary N) is 2. The summed E-state index contributed by atoms with van der Waals surface area (Å²) in [6, 6.07) is 12.6. The Hall–Kier alpha value is -2.63. The summed E-state index contributed by atoms with van der Waals surface area (Å²) in [7, 11) is 3.66. The number of benzene rings is 2. The zero-order chi connectivity index (χ0) is 19.0. The van der Waals surface area contributed by atoms with Crippen molar-refractivity contribution in [3.8, 4) is 16.9 Å². The van der Waals surface area contributed by atoms with Gasteiger partial charge in [-0.3, -0.25) is 4.79 Å². The summed E-state index contributed by atoms with van der Waals surface area (Å²) < 4.78 is 6.49. The fourth-order valence-corrected chi connectivity index (χ4v) is 4.42. The molecule has 138 valence electrons. The predicted octanol–water partition coefficient (Wildman–Crippen LogP) is 4.49. The Balaban J connectivity index is 2.02. The van der Waals surface area contributed by atoms with Gasteiger partial charge in [0, 0.05) is 16.3 Å². The Morgan fingerprint density at radius 3 is 2.67 bits per heavy atom. The van der Waals surface area contributed by atoms with E-state index < -0.39 is 0 Å². The second-order valence-corrected chi connectivity index (χ2v) is 7.60. The molecular weight excluding hydrogens is 356 g/mol. The number of pyridine rings is 1. The number of rotatable bonds is 5. The first kappa shape index (κ1) is 17.8. The highest BCUT2D eigenvalue weighted by Crippen LogP contribution is 2.41. The summed E-state index contributed by atoms with van der Waals surface area (Å²) in [4.78, 5) is 15.5. The molecule has 2 aromatic heterocycles. The average molecular weight is 378 g/mol. The van der Waals surface area contributed by atoms with E-state index in [9.17, 15) is 4.79 Å². The summed E-state index contributed by atoms with van der Waals surface area (Å²) in [6.45, 7) is 2.95. The highest BCUT2D eigenvalue weighted by Gasteiger charge is 2.18. The number of thiophene rings is 1. The number of hydrogen-bond donors (Lipinski definition) is 2. The van der Waals surface area contributed by atoms with Gasteiger partial charge in [0.2, 0.25) is 0 Å². The van der Waals surface area contributed by atoms with Crippen LogP contribution in [0, 0.1) is 6.92 Å². The van der Waals surface area contributed by atoms with Gasteiger partial charge in [-0.15, -0.1) is 11.3 Å². The van der Waals surface area contributed by atoms with E-state index in [1.807, 2.05) is 31.5 Å². The van der Waals surface area contributed by atoms with Crippen molar-refractivity contribution in [2.75, 3.05) is 20.7 Å². The molecule has 0 unspecified atom stereocenters. The quantitative estimate of drug-likeness (QED) is 0.538. The molecule has 0 atom stereocenters. The van der Waals surface area contributed by atoms with Crippen LogP contribution in [0.4, 0.5) is 0 Å². The van der Waals surface area contributed by atoms with Crippen LogP contribution in [0.3, 0.4) is 0 Å². The second-order valence-electron chi connectivity index (χ2n) is 6.69. The van der Waals surface area contributed by atoms with Crippen LogP contribution in [0.5, 0.6) is 5.75 Å². The molecule has 0 saturated heterocycles. The highest BCUT2D eigenvalue weighted by molar-refractivity contribution is 7.17. The van der Waals surface area contributed by atoms with Gasteiger partial charge in [-0.2, -0.15) is 0 Å². The lowest BCUT2D eigenvalue weighted by molar-refractivity contribution is 0.416. The van der Waals surface area contributed by atoms with Crippen molar-refractivity contribution < 1.29 is 4.74 Å². The van der Waals surface area contributed by atoms with E-state index in [1.165, 1.54) is 16.9 Å². The molecule has 2 aromatic carbocycles. The highest BCUT2D eigenvalue weighted by atomic mass is 32.1. The van der Waals surface area contributed by atoms with Gasteiger partial charge in [-0.1, -0.05) is 24.3 Å². The monoisotopic (exact) mass is 378 g/mol. The zero-order valence-electron chi connectivity index (χ0n) is 15.7. The van der Waals surface area contributed by atoms with Gasteiger partial charge >= 0.3 is 0 Å². The lowest BCUT2D eigenvalue weighted by atomic mass is 9.94. The van der Waals surface area contributed by atoms with Crippen LogP contribution >= 0.6 is 11.3 Å². The van der Waals surface area contributed by atoms with E-state index in [0.29, 0.717) is 0 Å². The van der Waals surface area contributed by atoms with Gasteiger partial charge in [0.1, 0.15) is 10.4 Å². The fourth-order valence-electron chi connectivity index (χ4n) is 3.62. The predicted molar refractivity (Wildman–Crippen MR) is 114 cm³/mol. The number of hydrogen-bond acceptors (Lipinski definition) is 4. The lowest BCUT2D eigenvalue weighted by Gasteiger charge is -2.16. The normalized spacial score (nSPS) is 11.4. The standard InChI is InChI=1S/C22H22N2O2S/c1-13-12-17(26-3)18(15-6-4-14(5-7-15)8-10-23-2)19-16-9-11-27-21(16)22(25)24-20(13)19/h4-7,9,11-12,23H,8,10H2,1-3H3,(H,24,25). The van der Waals surface area contributed by atoms with E-state index in [1.54, 1.807) is 7.11 Å². The van der Waals surface area contributed by atoms with Crippen LogP contribution in [-0.4, -0.2) is 25.7 Å². The van der Waals surface area contributed by atoms with Gasteiger partial charge in [-0.25, -0.2) is 0 Å². The van der Waals surface area contributed by atoms with E-state index >= 15 is 0 Å². The third-order valence-corrected chi connectivity index (χ3v) is 5.91. The van der Waals surface area contributed by atoms with Gasteiger partial charge in [0.15, 0.2) is 0 Å². The van der Waals surface area contributed by atoms with Crippen LogP contribution in [0.1, 0.15) is 11.1 Å². The third kappa shape index (κ3) is 3.03. The maximum absolute atomic E-state index is 12.5. The number of H-pyrrole nitrogens is 1. The van der Waals surface area contributed by atoms with Crippen molar-refractivity contribution >= 4 is 32.3 Å². The molecule has 0 saturated carbocycles. The van der Waals surface area contributed by atoms with E-state index in [-0.39, 0.29) is 5.56 Å². The van der Waals surface area contributed by atoms with Crippen molar-refractivity contribution in [3.63, 3.8) is 0 Å². The number of fused-ring (bicyclic) bond motifs is 3. The number of aryl methyl sites for hydroxylation is 1. The number of aromatic amines is 1. The van der Waals surface area contributed by atoms with Crippen molar-refractivity contribution in [2.24, 2.45) is 0 Å². The topological polar surface area (TPSA) is 54.1 Å². The number of likely N-dealkylation sites (N-methyl/N-ethyl adjacent to an activating group) is 1. The average Bonchev–Trinajstić information content (AvgIpc) is 3.18. The minimum atomic E-state index is -0.0332. The molecule has 0 fully saturated rings. The number of aromatic nitrogens is 1. The number of ether oxygens (including phenoxy) is 1. The molecule has 4 rings (SSSR count). The molecule has 0 radical (unpaired) electrons. The van der Waals surface area contributed by atoms with Crippen LogP contribution in [0.15, 0.2) is 46.6 Å². The molecule has 0 bridgehead atoms. The Labute approximate surface area is 161 Å². The first-order valence-corrected chi connectivity index (χ1v) is 9.86. The summed E-state index contributed by atoms with van der Waals surface area (Å²) >= 11 is 1.47. The molecule has 5 heteroatoms. The Bertz CT molecular complexity index is 1170. The molecule has 0 spiro atoms. The summed E-state index contributed by atoms with van der Waals surface area (Å²) in [6.07, 6.45) is 0.991. The lowest BCUT2D eigenvalue weighted by Crippen LogP contribution is -2.10. The van der Waals surface area contributed by atoms with Crippen molar-refractivity contribution in [2.45, 2.75) is 13.3 Å². The largest absolute Gasteiger partial charge is 0.496 e. The molecule has 0 amide bonds. The molecule has 0 aliphatic carbocycles.